The number of hydrogen-bond donors (Lipinski definition) is 1. The molecule has 15 heavy (non-hydrogen) atoms. The van der Waals surface area contributed by atoms with Crippen LogP contribution in [-0.2, 0) is 0 Å². The maximum atomic E-state index is 13.5. The third-order valence-electron chi connectivity index (χ3n) is 1.95. The Morgan fingerprint density at radius 3 is 2.80 bits per heavy atom. The number of nitrogens with two attached hydrogens (primary N) is 1. The van der Waals surface area contributed by atoms with E-state index < -0.39 is 11.9 Å². The van der Waals surface area contributed by atoms with Gasteiger partial charge in [0.2, 0.25) is 0 Å². The van der Waals surface area contributed by atoms with Gasteiger partial charge in [0.25, 0.3) is 0 Å². The summed E-state index contributed by atoms with van der Waals surface area (Å²) in [6.07, 6.45) is 1.52. The monoisotopic (exact) mass is 229 g/mol. The number of hydrogen-bond acceptors (Lipinski definition) is 2. The van der Waals surface area contributed by atoms with E-state index in [1.54, 1.807) is 13.0 Å². The molecule has 0 aliphatic rings. The van der Waals surface area contributed by atoms with E-state index in [9.17, 15) is 4.39 Å². The Morgan fingerprint density at radius 2 is 2.33 bits per heavy atom. The van der Waals surface area contributed by atoms with E-state index in [1.807, 2.05) is 0 Å². The number of benzene rings is 1. The SMILES string of the molecule is C=C[C@H](N)c1cc(F)c(OCC)c(Cl)c1. The van der Waals surface area contributed by atoms with E-state index in [-0.39, 0.29) is 10.8 Å². The molecule has 2 N–H and O–H groups in total. The normalized spacial score (nSPS) is 12.3. The fraction of sp³-hybridized carbons (Fsp3) is 0.273. The number of ether oxygens (including phenoxy) is 1. The lowest BCUT2D eigenvalue weighted by Gasteiger charge is -2.11. The zero-order chi connectivity index (χ0) is 11.4. The van der Waals surface area contributed by atoms with E-state index in [0.717, 1.165) is 0 Å². The molecule has 0 aromatic heterocycles. The lowest BCUT2D eigenvalue weighted by Crippen LogP contribution is -2.07. The number of rotatable bonds is 4. The van der Waals surface area contributed by atoms with Crippen LogP contribution in [0.3, 0.4) is 0 Å². The molecular formula is C11H13ClFNO. The summed E-state index contributed by atoms with van der Waals surface area (Å²) in [5, 5.41) is 0.226. The summed E-state index contributed by atoms with van der Waals surface area (Å²) in [6.45, 7) is 5.66. The Labute approximate surface area is 93.5 Å². The summed E-state index contributed by atoms with van der Waals surface area (Å²) in [6, 6.07) is 2.47. The third kappa shape index (κ3) is 2.70. The summed E-state index contributed by atoms with van der Waals surface area (Å²) in [5.41, 5.74) is 6.25. The molecule has 4 heteroatoms. The van der Waals surface area contributed by atoms with Crippen molar-refractivity contribution in [1.82, 2.24) is 0 Å². The van der Waals surface area contributed by atoms with Gasteiger partial charge in [-0.3, -0.25) is 0 Å². The maximum absolute atomic E-state index is 13.5. The van der Waals surface area contributed by atoms with Crippen molar-refractivity contribution < 1.29 is 9.13 Å². The highest BCUT2D eigenvalue weighted by Crippen LogP contribution is 2.31. The predicted octanol–water partition coefficient (Wildman–Crippen LogP) is 3.06. The molecule has 0 amide bonds. The van der Waals surface area contributed by atoms with Crippen LogP contribution < -0.4 is 10.5 Å². The molecule has 82 valence electrons. The van der Waals surface area contributed by atoms with Crippen molar-refractivity contribution in [2.75, 3.05) is 6.61 Å². The summed E-state index contributed by atoms with van der Waals surface area (Å²) in [4.78, 5) is 0. The molecule has 0 saturated carbocycles. The molecule has 0 heterocycles. The van der Waals surface area contributed by atoms with Crippen LogP contribution in [0, 0.1) is 5.82 Å². The van der Waals surface area contributed by atoms with Crippen LogP contribution in [0.15, 0.2) is 24.8 Å². The van der Waals surface area contributed by atoms with Gasteiger partial charge >= 0.3 is 0 Å². The Kier molecular flexibility index (Phi) is 4.12. The van der Waals surface area contributed by atoms with Crippen molar-refractivity contribution in [2.45, 2.75) is 13.0 Å². The van der Waals surface area contributed by atoms with Gasteiger partial charge in [-0.2, -0.15) is 0 Å². The summed E-state index contributed by atoms with van der Waals surface area (Å²) in [7, 11) is 0. The molecule has 1 aromatic rings. The number of halogens is 2. The van der Waals surface area contributed by atoms with Crippen LogP contribution in [0.1, 0.15) is 18.5 Å². The Balaban J connectivity index is 3.12. The van der Waals surface area contributed by atoms with Crippen molar-refractivity contribution in [3.63, 3.8) is 0 Å². The maximum Gasteiger partial charge on any atom is 0.173 e. The van der Waals surface area contributed by atoms with Gasteiger partial charge in [-0.25, -0.2) is 4.39 Å². The molecule has 1 aromatic carbocycles. The minimum absolute atomic E-state index is 0.0687. The van der Waals surface area contributed by atoms with Crippen molar-refractivity contribution >= 4 is 11.6 Å². The van der Waals surface area contributed by atoms with Crippen LogP contribution >= 0.6 is 11.6 Å². The van der Waals surface area contributed by atoms with Crippen molar-refractivity contribution in [3.05, 3.63) is 41.2 Å². The van der Waals surface area contributed by atoms with E-state index in [4.69, 9.17) is 22.1 Å². The van der Waals surface area contributed by atoms with Gasteiger partial charge in [-0.1, -0.05) is 17.7 Å². The van der Waals surface area contributed by atoms with Gasteiger partial charge < -0.3 is 10.5 Å². The van der Waals surface area contributed by atoms with Crippen LogP contribution in [0.4, 0.5) is 4.39 Å². The first-order valence-corrected chi connectivity index (χ1v) is 4.97. The van der Waals surface area contributed by atoms with E-state index in [2.05, 4.69) is 6.58 Å². The average Bonchev–Trinajstić information content (AvgIpc) is 2.22. The average molecular weight is 230 g/mol. The molecule has 0 radical (unpaired) electrons. The first-order valence-electron chi connectivity index (χ1n) is 4.60. The lowest BCUT2D eigenvalue weighted by atomic mass is 10.1. The minimum atomic E-state index is -0.503. The molecule has 0 bridgehead atoms. The van der Waals surface area contributed by atoms with Gasteiger partial charge in [0, 0.05) is 6.04 Å². The fourth-order valence-corrected chi connectivity index (χ4v) is 1.46. The van der Waals surface area contributed by atoms with Crippen LogP contribution in [0.2, 0.25) is 5.02 Å². The van der Waals surface area contributed by atoms with Crippen molar-refractivity contribution in [1.29, 1.82) is 0 Å². The van der Waals surface area contributed by atoms with E-state index >= 15 is 0 Å². The van der Waals surface area contributed by atoms with Gasteiger partial charge in [0.1, 0.15) is 0 Å². The minimum Gasteiger partial charge on any atom is -0.489 e. The molecule has 0 unspecified atom stereocenters. The molecule has 0 saturated heterocycles. The van der Waals surface area contributed by atoms with Crippen LogP contribution in [0.5, 0.6) is 5.75 Å². The van der Waals surface area contributed by atoms with Crippen LogP contribution in [-0.4, -0.2) is 6.61 Å². The standard InChI is InChI=1S/C11H13ClFNO/c1-3-10(14)7-5-8(12)11(15-4-2)9(13)6-7/h3,5-6,10H,1,4,14H2,2H3/t10-/m0/s1. The fourth-order valence-electron chi connectivity index (χ4n) is 1.19. The first kappa shape index (κ1) is 12.0. The van der Waals surface area contributed by atoms with Crippen molar-refractivity contribution in [2.24, 2.45) is 5.73 Å². The first-order chi connectivity index (χ1) is 7.10. The largest absolute Gasteiger partial charge is 0.489 e. The quantitative estimate of drug-likeness (QED) is 0.806. The molecule has 1 atom stereocenters. The van der Waals surface area contributed by atoms with E-state index in [0.29, 0.717) is 12.2 Å². The highest BCUT2D eigenvalue weighted by atomic mass is 35.5. The third-order valence-corrected chi connectivity index (χ3v) is 2.23. The summed E-state index contributed by atoms with van der Waals surface area (Å²) >= 11 is 5.86. The molecule has 0 fully saturated rings. The second kappa shape index (κ2) is 5.14. The summed E-state index contributed by atoms with van der Waals surface area (Å²) < 4.78 is 18.6. The molecular weight excluding hydrogens is 217 g/mol. The smallest absolute Gasteiger partial charge is 0.173 e. The Morgan fingerprint density at radius 1 is 1.67 bits per heavy atom. The molecule has 0 aliphatic heterocycles. The zero-order valence-electron chi connectivity index (χ0n) is 8.47. The topological polar surface area (TPSA) is 35.2 Å². The highest BCUT2D eigenvalue weighted by molar-refractivity contribution is 6.32. The van der Waals surface area contributed by atoms with E-state index in [1.165, 1.54) is 12.1 Å². The van der Waals surface area contributed by atoms with Gasteiger partial charge in [0.05, 0.1) is 11.6 Å². The Bertz CT molecular complexity index is 345. The predicted molar refractivity (Wildman–Crippen MR) is 59.7 cm³/mol. The van der Waals surface area contributed by atoms with Crippen LogP contribution in [0.25, 0.3) is 0 Å². The van der Waals surface area contributed by atoms with Gasteiger partial charge in [-0.15, -0.1) is 6.58 Å². The molecule has 1 rings (SSSR count). The molecule has 0 spiro atoms. The highest BCUT2D eigenvalue weighted by Gasteiger charge is 2.12. The lowest BCUT2D eigenvalue weighted by molar-refractivity contribution is 0.321. The zero-order valence-corrected chi connectivity index (χ0v) is 9.22. The summed E-state index contributed by atoms with van der Waals surface area (Å²) in [5.74, 6) is -0.434. The Hall–Kier alpha value is -1.06. The van der Waals surface area contributed by atoms with Gasteiger partial charge in [-0.05, 0) is 24.6 Å². The molecule has 0 aliphatic carbocycles. The van der Waals surface area contributed by atoms with Crippen molar-refractivity contribution in [3.8, 4) is 5.75 Å². The second-order valence-electron chi connectivity index (χ2n) is 3.01. The molecule has 2 nitrogen and oxygen atoms in total. The second-order valence-corrected chi connectivity index (χ2v) is 3.42. The van der Waals surface area contributed by atoms with Gasteiger partial charge in [0.15, 0.2) is 11.6 Å².